The SMILES string of the molecule is Cc1nn(-c2ccccc2)c(-c2ccccc2)c1-c1ccc(C2OCCO2)c([N+](=O)[O-])c1. The Bertz CT molecular complexity index is 1260. The van der Waals surface area contributed by atoms with Crippen LogP contribution in [-0.2, 0) is 9.47 Å². The average molecular weight is 427 g/mol. The summed E-state index contributed by atoms with van der Waals surface area (Å²) in [6.45, 7) is 2.76. The highest BCUT2D eigenvalue weighted by atomic mass is 16.7. The molecule has 0 saturated carbocycles. The van der Waals surface area contributed by atoms with Gasteiger partial charge >= 0.3 is 0 Å². The zero-order valence-electron chi connectivity index (χ0n) is 17.5. The Morgan fingerprint density at radius 1 is 0.938 bits per heavy atom. The Kier molecular flexibility index (Phi) is 5.26. The van der Waals surface area contributed by atoms with Crippen LogP contribution in [0.15, 0.2) is 78.9 Å². The van der Waals surface area contributed by atoms with Crippen LogP contribution in [0.1, 0.15) is 17.5 Å². The van der Waals surface area contributed by atoms with Gasteiger partial charge < -0.3 is 9.47 Å². The summed E-state index contributed by atoms with van der Waals surface area (Å²) in [4.78, 5) is 11.5. The summed E-state index contributed by atoms with van der Waals surface area (Å²) in [5.41, 5.74) is 5.51. The quantitative estimate of drug-likeness (QED) is 0.312. The fourth-order valence-electron chi connectivity index (χ4n) is 4.09. The molecule has 0 atom stereocenters. The van der Waals surface area contributed by atoms with Gasteiger partial charge in [-0.05, 0) is 30.7 Å². The van der Waals surface area contributed by atoms with Crippen molar-refractivity contribution in [1.82, 2.24) is 9.78 Å². The maximum atomic E-state index is 11.9. The molecule has 1 aliphatic heterocycles. The molecule has 1 aliphatic rings. The first-order chi connectivity index (χ1) is 15.6. The molecule has 0 N–H and O–H groups in total. The third kappa shape index (κ3) is 3.57. The molecule has 7 heteroatoms. The second-order valence-corrected chi connectivity index (χ2v) is 7.53. The maximum absolute atomic E-state index is 11.9. The summed E-state index contributed by atoms with van der Waals surface area (Å²) in [7, 11) is 0. The van der Waals surface area contributed by atoms with Crippen LogP contribution in [0.4, 0.5) is 5.69 Å². The molecular weight excluding hydrogens is 406 g/mol. The number of nitro benzene ring substituents is 1. The van der Waals surface area contributed by atoms with Gasteiger partial charge in [-0.15, -0.1) is 0 Å². The average Bonchev–Trinajstić information content (AvgIpc) is 3.48. The number of benzene rings is 3. The standard InChI is InChI=1S/C25H21N3O4/c1-17-23(19-12-13-21(22(16-19)28(29)30)25-31-14-15-32-25)24(18-8-4-2-5-9-18)27(26-17)20-10-6-3-7-11-20/h2-13,16,25H,14-15H2,1H3. The Morgan fingerprint density at radius 3 is 2.25 bits per heavy atom. The highest BCUT2D eigenvalue weighted by Crippen LogP contribution is 2.40. The number of para-hydroxylation sites is 1. The molecule has 160 valence electrons. The number of hydrogen-bond donors (Lipinski definition) is 0. The van der Waals surface area contributed by atoms with Gasteiger partial charge in [-0.1, -0.05) is 54.6 Å². The second-order valence-electron chi connectivity index (χ2n) is 7.53. The van der Waals surface area contributed by atoms with Crippen LogP contribution in [0, 0.1) is 17.0 Å². The van der Waals surface area contributed by atoms with Crippen LogP contribution in [0.3, 0.4) is 0 Å². The van der Waals surface area contributed by atoms with Gasteiger partial charge in [0.05, 0.1) is 40.8 Å². The van der Waals surface area contributed by atoms with Crippen molar-refractivity contribution in [2.24, 2.45) is 0 Å². The van der Waals surface area contributed by atoms with E-state index in [4.69, 9.17) is 14.6 Å². The lowest BCUT2D eigenvalue weighted by molar-refractivity contribution is -0.386. The molecule has 7 nitrogen and oxygen atoms in total. The highest BCUT2D eigenvalue weighted by Gasteiger charge is 2.29. The maximum Gasteiger partial charge on any atom is 0.278 e. The largest absolute Gasteiger partial charge is 0.346 e. The molecule has 0 unspecified atom stereocenters. The lowest BCUT2D eigenvalue weighted by atomic mass is 9.97. The minimum absolute atomic E-state index is 0.0275. The zero-order valence-corrected chi connectivity index (χ0v) is 17.5. The molecule has 1 fully saturated rings. The fraction of sp³-hybridized carbons (Fsp3) is 0.160. The Hall–Kier alpha value is -3.81. The van der Waals surface area contributed by atoms with Crippen molar-refractivity contribution in [1.29, 1.82) is 0 Å². The molecule has 0 spiro atoms. The topological polar surface area (TPSA) is 79.4 Å². The van der Waals surface area contributed by atoms with Crippen LogP contribution in [0.25, 0.3) is 28.1 Å². The predicted molar refractivity (Wildman–Crippen MR) is 120 cm³/mol. The van der Waals surface area contributed by atoms with Gasteiger partial charge in [0.1, 0.15) is 0 Å². The van der Waals surface area contributed by atoms with Gasteiger partial charge in [0.25, 0.3) is 5.69 Å². The summed E-state index contributed by atoms with van der Waals surface area (Å²) >= 11 is 0. The smallest absolute Gasteiger partial charge is 0.278 e. The number of nitro groups is 1. The first kappa shape index (κ1) is 20.1. The number of ether oxygens (including phenoxy) is 2. The summed E-state index contributed by atoms with van der Waals surface area (Å²) in [6.07, 6.45) is -0.716. The van der Waals surface area contributed by atoms with E-state index in [2.05, 4.69) is 0 Å². The predicted octanol–water partition coefficient (Wildman–Crippen LogP) is 5.47. The molecule has 0 amide bonds. The van der Waals surface area contributed by atoms with E-state index in [9.17, 15) is 10.1 Å². The molecule has 0 bridgehead atoms. The van der Waals surface area contributed by atoms with Gasteiger partial charge in [0.2, 0.25) is 0 Å². The zero-order chi connectivity index (χ0) is 22.1. The second kappa shape index (κ2) is 8.37. The number of nitrogens with zero attached hydrogens (tertiary/aromatic N) is 3. The Balaban J connectivity index is 1.73. The third-order valence-corrected chi connectivity index (χ3v) is 5.50. The van der Waals surface area contributed by atoms with Crippen LogP contribution in [0.5, 0.6) is 0 Å². The van der Waals surface area contributed by atoms with E-state index in [1.54, 1.807) is 12.1 Å². The third-order valence-electron chi connectivity index (χ3n) is 5.50. The van der Waals surface area contributed by atoms with Gasteiger partial charge in [0, 0.05) is 17.2 Å². The number of aryl methyl sites for hydroxylation is 1. The first-order valence-electron chi connectivity index (χ1n) is 10.4. The molecule has 0 radical (unpaired) electrons. The van der Waals surface area contributed by atoms with Crippen molar-refractivity contribution < 1.29 is 14.4 Å². The van der Waals surface area contributed by atoms with Gasteiger partial charge in [-0.3, -0.25) is 10.1 Å². The van der Waals surface area contributed by atoms with Crippen LogP contribution >= 0.6 is 0 Å². The van der Waals surface area contributed by atoms with E-state index >= 15 is 0 Å². The van der Waals surface area contributed by atoms with Crippen LogP contribution in [-0.4, -0.2) is 27.9 Å². The fourth-order valence-corrected chi connectivity index (χ4v) is 4.09. The highest BCUT2D eigenvalue weighted by molar-refractivity contribution is 5.85. The molecule has 2 heterocycles. The number of hydrogen-bond acceptors (Lipinski definition) is 5. The van der Waals surface area contributed by atoms with E-state index in [1.807, 2.05) is 78.3 Å². The number of rotatable bonds is 5. The summed E-state index contributed by atoms with van der Waals surface area (Å²) in [5.74, 6) is 0. The molecule has 32 heavy (non-hydrogen) atoms. The summed E-state index contributed by atoms with van der Waals surface area (Å²) in [5, 5.41) is 16.7. The molecule has 5 rings (SSSR count). The van der Waals surface area contributed by atoms with Crippen LogP contribution < -0.4 is 0 Å². The molecule has 0 aliphatic carbocycles. The van der Waals surface area contributed by atoms with Gasteiger partial charge in [-0.2, -0.15) is 5.10 Å². The van der Waals surface area contributed by atoms with Crippen molar-refractivity contribution in [3.05, 3.63) is 100 Å². The van der Waals surface area contributed by atoms with Gasteiger partial charge in [0.15, 0.2) is 6.29 Å². The molecule has 4 aromatic rings. The monoisotopic (exact) mass is 427 g/mol. The normalized spacial score (nSPS) is 14.0. The molecule has 1 aromatic heterocycles. The Morgan fingerprint density at radius 2 is 1.59 bits per heavy atom. The van der Waals surface area contributed by atoms with E-state index in [1.165, 1.54) is 0 Å². The van der Waals surface area contributed by atoms with E-state index in [0.717, 1.165) is 33.8 Å². The van der Waals surface area contributed by atoms with Crippen molar-refractivity contribution in [2.75, 3.05) is 13.2 Å². The molecule has 1 saturated heterocycles. The first-order valence-corrected chi connectivity index (χ1v) is 10.4. The lowest BCUT2D eigenvalue weighted by Crippen LogP contribution is -2.03. The minimum atomic E-state index is -0.716. The van der Waals surface area contributed by atoms with Crippen molar-refractivity contribution in [3.8, 4) is 28.1 Å². The van der Waals surface area contributed by atoms with Crippen molar-refractivity contribution in [2.45, 2.75) is 13.2 Å². The van der Waals surface area contributed by atoms with Crippen LogP contribution in [0.2, 0.25) is 0 Å². The summed E-state index contributed by atoms with van der Waals surface area (Å²) in [6, 6.07) is 25.0. The Labute approximate surface area is 185 Å². The lowest BCUT2D eigenvalue weighted by Gasteiger charge is -2.13. The van der Waals surface area contributed by atoms with E-state index in [0.29, 0.717) is 18.8 Å². The molecule has 3 aromatic carbocycles. The molecular formula is C25H21N3O4. The van der Waals surface area contributed by atoms with E-state index in [-0.39, 0.29) is 10.6 Å². The summed E-state index contributed by atoms with van der Waals surface area (Å²) < 4.78 is 12.9. The number of aromatic nitrogens is 2. The van der Waals surface area contributed by atoms with Crippen molar-refractivity contribution in [3.63, 3.8) is 0 Å². The van der Waals surface area contributed by atoms with Crippen molar-refractivity contribution >= 4 is 5.69 Å². The van der Waals surface area contributed by atoms with Gasteiger partial charge in [-0.25, -0.2) is 4.68 Å². The van der Waals surface area contributed by atoms with E-state index < -0.39 is 6.29 Å². The minimum Gasteiger partial charge on any atom is -0.346 e.